The maximum Gasteiger partial charge on any atom is 0.573 e. The minimum atomic E-state index is -4.68. The molecule has 2 nitrogen and oxygen atoms in total. The summed E-state index contributed by atoms with van der Waals surface area (Å²) in [6, 6.07) is 19.4. The number of halogens is 3. The van der Waals surface area contributed by atoms with Gasteiger partial charge in [-0.3, -0.25) is 0 Å². The van der Waals surface area contributed by atoms with Crippen molar-refractivity contribution in [3.8, 4) is 22.6 Å². The first-order valence-corrected chi connectivity index (χ1v) is 8.45. The Hall–Kier alpha value is -2.95. The van der Waals surface area contributed by atoms with Crippen molar-refractivity contribution in [3.63, 3.8) is 0 Å². The molecule has 27 heavy (non-hydrogen) atoms. The van der Waals surface area contributed by atoms with Crippen LogP contribution in [0, 0.1) is 13.8 Å². The molecule has 0 atom stereocenters. The average Bonchev–Trinajstić information content (AvgIpc) is 2.61. The molecular weight excluding hydrogens is 353 g/mol. The highest BCUT2D eigenvalue weighted by atomic mass is 19.4. The van der Waals surface area contributed by atoms with Gasteiger partial charge in [0.05, 0.1) is 0 Å². The monoisotopic (exact) mass is 372 g/mol. The molecule has 3 aromatic rings. The van der Waals surface area contributed by atoms with E-state index < -0.39 is 6.36 Å². The van der Waals surface area contributed by atoms with E-state index in [1.165, 1.54) is 23.3 Å². The second-order valence-corrected chi connectivity index (χ2v) is 6.32. The number of hydrogen-bond donors (Lipinski definition) is 0. The van der Waals surface area contributed by atoms with Crippen LogP contribution >= 0.6 is 0 Å². The van der Waals surface area contributed by atoms with E-state index in [-0.39, 0.29) is 5.75 Å². The largest absolute Gasteiger partial charge is 0.573 e. The maximum absolute atomic E-state index is 12.2. The molecule has 140 valence electrons. The third-order valence-corrected chi connectivity index (χ3v) is 4.17. The van der Waals surface area contributed by atoms with Crippen molar-refractivity contribution in [2.24, 2.45) is 0 Å². The van der Waals surface area contributed by atoms with Crippen LogP contribution in [-0.2, 0) is 6.61 Å². The molecule has 0 N–H and O–H groups in total. The van der Waals surface area contributed by atoms with Crippen LogP contribution in [0.4, 0.5) is 13.2 Å². The predicted octanol–water partition coefficient (Wildman–Crippen LogP) is 6.45. The van der Waals surface area contributed by atoms with E-state index in [4.69, 9.17) is 4.74 Å². The summed E-state index contributed by atoms with van der Waals surface area (Å²) >= 11 is 0. The number of alkyl halides is 3. The minimum absolute atomic E-state index is 0.236. The number of aryl methyl sites for hydroxylation is 2. The normalized spacial score (nSPS) is 11.3. The van der Waals surface area contributed by atoms with Crippen molar-refractivity contribution in [2.45, 2.75) is 26.8 Å². The van der Waals surface area contributed by atoms with E-state index in [2.05, 4.69) is 36.8 Å². The highest BCUT2D eigenvalue weighted by Gasteiger charge is 2.30. The van der Waals surface area contributed by atoms with Gasteiger partial charge in [-0.15, -0.1) is 13.2 Å². The molecule has 0 fully saturated rings. The molecule has 0 spiro atoms. The summed E-state index contributed by atoms with van der Waals surface area (Å²) in [6.45, 7) is 4.59. The first-order chi connectivity index (χ1) is 12.8. The Bertz CT molecular complexity index is 898. The highest BCUT2D eigenvalue weighted by molar-refractivity contribution is 5.64. The summed E-state index contributed by atoms with van der Waals surface area (Å²) in [5, 5.41) is 0. The van der Waals surface area contributed by atoms with E-state index in [0.717, 1.165) is 22.4 Å². The number of hydrogen-bond acceptors (Lipinski definition) is 2. The van der Waals surface area contributed by atoms with Gasteiger partial charge < -0.3 is 9.47 Å². The van der Waals surface area contributed by atoms with Crippen LogP contribution in [0.25, 0.3) is 11.1 Å². The van der Waals surface area contributed by atoms with Crippen molar-refractivity contribution in [3.05, 3.63) is 83.4 Å². The molecule has 0 heterocycles. The third-order valence-electron chi connectivity index (χ3n) is 4.17. The van der Waals surface area contributed by atoms with Gasteiger partial charge in [-0.25, -0.2) is 0 Å². The third kappa shape index (κ3) is 5.26. The lowest BCUT2D eigenvalue weighted by Crippen LogP contribution is -2.16. The SMILES string of the molecule is Cc1ccc(COc2ccc(-c3ccc(OC(F)(F)F)cc3)cc2)c(C)c1. The van der Waals surface area contributed by atoms with Crippen LogP contribution < -0.4 is 9.47 Å². The molecular formula is C22H19F3O2. The summed E-state index contributed by atoms with van der Waals surface area (Å²) in [5.74, 6) is 0.496. The Morgan fingerprint density at radius 1 is 0.741 bits per heavy atom. The molecule has 0 aliphatic carbocycles. The summed E-state index contributed by atoms with van der Waals surface area (Å²) < 4.78 is 46.4. The second-order valence-electron chi connectivity index (χ2n) is 6.32. The Morgan fingerprint density at radius 2 is 1.30 bits per heavy atom. The fraction of sp³-hybridized carbons (Fsp3) is 0.182. The lowest BCUT2D eigenvalue weighted by molar-refractivity contribution is -0.274. The first kappa shape index (κ1) is 18.8. The van der Waals surface area contributed by atoms with Crippen molar-refractivity contribution in [1.82, 2.24) is 0 Å². The molecule has 0 saturated carbocycles. The Labute approximate surface area is 156 Å². The van der Waals surface area contributed by atoms with Gasteiger partial charge in [-0.2, -0.15) is 0 Å². The van der Waals surface area contributed by atoms with E-state index in [9.17, 15) is 13.2 Å². The van der Waals surface area contributed by atoms with Gasteiger partial charge in [-0.05, 0) is 60.4 Å². The fourth-order valence-electron chi connectivity index (χ4n) is 2.76. The van der Waals surface area contributed by atoms with Gasteiger partial charge in [0, 0.05) is 0 Å². The number of benzene rings is 3. The van der Waals surface area contributed by atoms with Crippen LogP contribution in [0.3, 0.4) is 0 Å². The maximum atomic E-state index is 12.2. The van der Waals surface area contributed by atoms with Crippen LogP contribution in [-0.4, -0.2) is 6.36 Å². The predicted molar refractivity (Wildman–Crippen MR) is 98.8 cm³/mol. The van der Waals surface area contributed by atoms with Crippen LogP contribution in [0.5, 0.6) is 11.5 Å². The Kier molecular flexibility index (Phi) is 5.40. The van der Waals surface area contributed by atoms with Gasteiger partial charge in [0.2, 0.25) is 0 Å². The van der Waals surface area contributed by atoms with Crippen LogP contribution in [0.2, 0.25) is 0 Å². The lowest BCUT2D eigenvalue weighted by Gasteiger charge is -2.11. The van der Waals surface area contributed by atoms with E-state index >= 15 is 0 Å². The van der Waals surface area contributed by atoms with Crippen molar-refractivity contribution in [2.75, 3.05) is 0 Å². The van der Waals surface area contributed by atoms with E-state index in [0.29, 0.717) is 6.61 Å². The van der Waals surface area contributed by atoms with E-state index in [1.54, 1.807) is 12.1 Å². The van der Waals surface area contributed by atoms with Gasteiger partial charge in [0.1, 0.15) is 18.1 Å². The van der Waals surface area contributed by atoms with Gasteiger partial charge >= 0.3 is 6.36 Å². The molecule has 0 saturated heterocycles. The topological polar surface area (TPSA) is 18.5 Å². The van der Waals surface area contributed by atoms with Crippen LogP contribution in [0.1, 0.15) is 16.7 Å². The second kappa shape index (κ2) is 7.74. The zero-order valence-corrected chi connectivity index (χ0v) is 15.0. The molecule has 0 aliphatic heterocycles. The molecule has 3 aromatic carbocycles. The minimum Gasteiger partial charge on any atom is -0.489 e. The molecule has 3 rings (SSSR count). The Morgan fingerprint density at radius 3 is 1.81 bits per heavy atom. The molecule has 0 radical (unpaired) electrons. The van der Waals surface area contributed by atoms with Gasteiger partial charge in [0.25, 0.3) is 0 Å². The molecule has 0 aliphatic rings. The van der Waals surface area contributed by atoms with Gasteiger partial charge in [0.15, 0.2) is 0 Å². The van der Waals surface area contributed by atoms with Crippen molar-refractivity contribution in [1.29, 1.82) is 0 Å². The molecule has 0 bridgehead atoms. The number of rotatable bonds is 5. The summed E-state index contributed by atoms with van der Waals surface area (Å²) in [6.07, 6.45) is -4.68. The first-order valence-electron chi connectivity index (χ1n) is 8.45. The van der Waals surface area contributed by atoms with Crippen molar-refractivity contribution >= 4 is 0 Å². The zero-order valence-electron chi connectivity index (χ0n) is 15.0. The van der Waals surface area contributed by atoms with Gasteiger partial charge in [-0.1, -0.05) is 48.0 Å². The summed E-state index contributed by atoms with van der Waals surface area (Å²) in [5.41, 5.74) is 5.21. The Balaban J connectivity index is 1.64. The fourth-order valence-corrected chi connectivity index (χ4v) is 2.76. The van der Waals surface area contributed by atoms with Crippen molar-refractivity contribution < 1.29 is 22.6 Å². The average molecular weight is 372 g/mol. The van der Waals surface area contributed by atoms with E-state index in [1.807, 2.05) is 24.3 Å². The standard InChI is InChI=1S/C22H19F3O2/c1-15-3-4-19(16(2)13-15)14-26-20-9-5-17(6-10-20)18-7-11-21(12-8-18)27-22(23,24)25/h3-13H,14H2,1-2H3. The highest BCUT2D eigenvalue weighted by Crippen LogP contribution is 2.27. The number of ether oxygens (including phenoxy) is 2. The summed E-state index contributed by atoms with van der Waals surface area (Å²) in [4.78, 5) is 0. The molecule has 0 aromatic heterocycles. The smallest absolute Gasteiger partial charge is 0.489 e. The molecule has 0 unspecified atom stereocenters. The molecule has 5 heteroatoms. The summed E-state index contributed by atoms with van der Waals surface area (Å²) in [7, 11) is 0. The zero-order chi connectivity index (χ0) is 19.4. The quantitative estimate of drug-likeness (QED) is 0.512. The lowest BCUT2D eigenvalue weighted by atomic mass is 10.1. The molecule has 0 amide bonds. The van der Waals surface area contributed by atoms with Crippen LogP contribution in [0.15, 0.2) is 66.7 Å².